The zero-order chi connectivity index (χ0) is 17.4. The van der Waals surface area contributed by atoms with Crippen LogP contribution in [0.5, 0.6) is 0 Å². The van der Waals surface area contributed by atoms with Gasteiger partial charge in [0.1, 0.15) is 5.82 Å². The van der Waals surface area contributed by atoms with E-state index in [-0.39, 0.29) is 5.91 Å². The van der Waals surface area contributed by atoms with Crippen molar-refractivity contribution in [2.45, 2.75) is 24.3 Å². The molecular weight excluding hydrogens is 330 g/mol. The molecule has 0 saturated carbocycles. The van der Waals surface area contributed by atoms with Gasteiger partial charge < -0.3 is 9.47 Å². The summed E-state index contributed by atoms with van der Waals surface area (Å²) in [7, 11) is 0. The molecule has 4 rings (SSSR count). The molecule has 1 aliphatic heterocycles. The molecule has 2 aromatic carbocycles. The predicted octanol–water partition coefficient (Wildman–Crippen LogP) is 4.15. The third kappa shape index (κ3) is 2.93. The number of carbonyl (C=O) groups is 1. The fraction of sp³-hybridized carbons (Fsp3) is 0.300. The standard InChI is InChI=1S/C20H21N3OS/c1-14-21-18-5-3-4-6-19(18)23(14)16-11-12-22(13-16)20(24)15-7-9-17(25-2)10-8-15/h3-10,16H,11-13H2,1-2H3/t16-/m0/s1. The van der Waals surface area contributed by atoms with Gasteiger partial charge in [-0.15, -0.1) is 11.8 Å². The van der Waals surface area contributed by atoms with Crippen molar-refractivity contribution in [1.29, 1.82) is 0 Å². The maximum Gasteiger partial charge on any atom is 0.253 e. The molecule has 4 nitrogen and oxygen atoms in total. The Balaban J connectivity index is 1.56. The fourth-order valence-corrected chi connectivity index (χ4v) is 4.09. The highest BCUT2D eigenvalue weighted by Gasteiger charge is 2.29. The van der Waals surface area contributed by atoms with Gasteiger partial charge in [-0.2, -0.15) is 0 Å². The molecule has 0 bridgehead atoms. The third-order valence-electron chi connectivity index (χ3n) is 4.92. The number of fused-ring (bicyclic) bond motifs is 1. The summed E-state index contributed by atoms with van der Waals surface area (Å²) in [5.74, 6) is 1.14. The van der Waals surface area contributed by atoms with E-state index in [1.165, 1.54) is 4.90 Å². The molecule has 1 amide bonds. The van der Waals surface area contributed by atoms with E-state index in [1.54, 1.807) is 11.8 Å². The Morgan fingerprint density at radius 1 is 1.16 bits per heavy atom. The Labute approximate surface area is 151 Å². The molecule has 1 fully saturated rings. The molecule has 3 aromatic rings. The number of thioether (sulfide) groups is 1. The summed E-state index contributed by atoms with van der Waals surface area (Å²) in [6.07, 6.45) is 3.01. The lowest BCUT2D eigenvalue weighted by Crippen LogP contribution is -2.29. The molecule has 1 saturated heterocycles. The van der Waals surface area contributed by atoms with Gasteiger partial charge in [0.2, 0.25) is 0 Å². The van der Waals surface area contributed by atoms with Gasteiger partial charge in [-0.25, -0.2) is 4.98 Å². The van der Waals surface area contributed by atoms with Crippen LogP contribution in [0.15, 0.2) is 53.4 Å². The average Bonchev–Trinajstić information content (AvgIpc) is 3.24. The Bertz CT molecular complexity index is 916. The van der Waals surface area contributed by atoms with Gasteiger partial charge in [-0.05, 0) is 56.0 Å². The van der Waals surface area contributed by atoms with Crippen molar-refractivity contribution in [3.8, 4) is 0 Å². The molecule has 128 valence electrons. The van der Waals surface area contributed by atoms with Gasteiger partial charge >= 0.3 is 0 Å². The Kier molecular flexibility index (Phi) is 4.25. The van der Waals surface area contributed by atoms with Gasteiger partial charge in [-0.3, -0.25) is 4.79 Å². The first-order valence-corrected chi connectivity index (χ1v) is 9.77. The number of amides is 1. The molecule has 0 radical (unpaired) electrons. The largest absolute Gasteiger partial charge is 0.336 e. The number of likely N-dealkylation sites (tertiary alicyclic amines) is 1. The highest BCUT2D eigenvalue weighted by Crippen LogP contribution is 2.29. The van der Waals surface area contributed by atoms with Crippen molar-refractivity contribution in [3.05, 3.63) is 59.9 Å². The number of benzene rings is 2. The number of hydrogen-bond donors (Lipinski definition) is 0. The van der Waals surface area contributed by atoms with E-state index in [2.05, 4.69) is 15.6 Å². The smallest absolute Gasteiger partial charge is 0.253 e. The number of nitrogens with zero attached hydrogens (tertiary/aromatic N) is 3. The number of aromatic nitrogens is 2. The Morgan fingerprint density at radius 3 is 2.68 bits per heavy atom. The number of carbonyl (C=O) groups excluding carboxylic acids is 1. The number of rotatable bonds is 3. The molecule has 1 aliphatic rings. The quantitative estimate of drug-likeness (QED) is 0.665. The molecule has 1 aromatic heterocycles. The van der Waals surface area contributed by atoms with E-state index in [0.717, 1.165) is 41.9 Å². The molecule has 25 heavy (non-hydrogen) atoms. The second kappa shape index (κ2) is 6.56. The van der Waals surface area contributed by atoms with Crippen LogP contribution in [0.25, 0.3) is 11.0 Å². The lowest BCUT2D eigenvalue weighted by molar-refractivity contribution is 0.0787. The van der Waals surface area contributed by atoms with Crippen LogP contribution < -0.4 is 0 Å². The highest BCUT2D eigenvalue weighted by molar-refractivity contribution is 7.98. The van der Waals surface area contributed by atoms with E-state index in [0.29, 0.717) is 6.04 Å². The zero-order valence-corrected chi connectivity index (χ0v) is 15.3. The average molecular weight is 351 g/mol. The van der Waals surface area contributed by atoms with E-state index < -0.39 is 0 Å². The zero-order valence-electron chi connectivity index (χ0n) is 14.5. The summed E-state index contributed by atoms with van der Waals surface area (Å²) >= 11 is 1.69. The van der Waals surface area contributed by atoms with Gasteiger partial charge in [0.05, 0.1) is 17.1 Å². The summed E-state index contributed by atoms with van der Waals surface area (Å²) in [6.45, 7) is 3.58. The maximum atomic E-state index is 12.8. The van der Waals surface area contributed by atoms with E-state index >= 15 is 0 Å². The van der Waals surface area contributed by atoms with Crippen molar-refractivity contribution in [3.63, 3.8) is 0 Å². The topological polar surface area (TPSA) is 38.1 Å². The summed E-state index contributed by atoms with van der Waals surface area (Å²) in [4.78, 5) is 20.6. The Hall–Kier alpha value is -2.27. The second-order valence-electron chi connectivity index (χ2n) is 6.44. The van der Waals surface area contributed by atoms with Crippen LogP contribution in [0.3, 0.4) is 0 Å². The van der Waals surface area contributed by atoms with Crippen LogP contribution in [-0.2, 0) is 0 Å². The van der Waals surface area contributed by atoms with Crippen LogP contribution in [0, 0.1) is 6.92 Å². The SMILES string of the molecule is CSc1ccc(C(=O)N2CC[C@H](n3c(C)nc4ccccc43)C2)cc1. The van der Waals surface area contributed by atoms with Crippen molar-refractivity contribution in [1.82, 2.24) is 14.5 Å². The number of aryl methyl sites for hydroxylation is 1. The van der Waals surface area contributed by atoms with Crippen LogP contribution in [-0.4, -0.2) is 39.7 Å². The molecule has 0 spiro atoms. The molecule has 0 N–H and O–H groups in total. The highest BCUT2D eigenvalue weighted by atomic mass is 32.2. The predicted molar refractivity (Wildman–Crippen MR) is 102 cm³/mol. The number of hydrogen-bond acceptors (Lipinski definition) is 3. The minimum atomic E-state index is 0.122. The minimum absolute atomic E-state index is 0.122. The van der Waals surface area contributed by atoms with Gasteiger partial charge in [0.15, 0.2) is 0 Å². The van der Waals surface area contributed by atoms with Crippen LogP contribution in [0.2, 0.25) is 0 Å². The number of para-hydroxylation sites is 2. The molecule has 2 heterocycles. The molecule has 1 atom stereocenters. The summed E-state index contributed by atoms with van der Waals surface area (Å²) < 4.78 is 2.29. The second-order valence-corrected chi connectivity index (χ2v) is 7.32. The first kappa shape index (κ1) is 16.2. The van der Waals surface area contributed by atoms with E-state index in [9.17, 15) is 4.79 Å². The minimum Gasteiger partial charge on any atom is -0.336 e. The summed E-state index contributed by atoms with van der Waals surface area (Å²) in [5, 5.41) is 0. The lowest BCUT2D eigenvalue weighted by atomic mass is 10.2. The normalized spacial score (nSPS) is 17.4. The van der Waals surface area contributed by atoms with E-state index in [1.807, 2.05) is 60.5 Å². The van der Waals surface area contributed by atoms with Crippen molar-refractivity contribution in [2.75, 3.05) is 19.3 Å². The molecule has 0 unspecified atom stereocenters. The fourth-order valence-electron chi connectivity index (χ4n) is 3.68. The number of imidazole rings is 1. The summed E-state index contributed by atoms with van der Waals surface area (Å²) in [5.41, 5.74) is 2.95. The first-order chi connectivity index (χ1) is 12.2. The van der Waals surface area contributed by atoms with Gasteiger partial charge in [0, 0.05) is 23.5 Å². The Morgan fingerprint density at radius 2 is 1.92 bits per heavy atom. The summed E-state index contributed by atoms with van der Waals surface area (Å²) in [6, 6.07) is 16.4. The van der Waals surface area contributed by atoms with Gasteiger partial charge in [-0.1, -0.05) is 12.1 Å². The third-order valence-corrected chi connectivity index (χ3v) is 5.67. The lowest BCUT2D eigenvalue weighted by Gasteiger charge is -2.18. The van der Waals surface area contributed by atoms with Crippen molar-refractivity contribution in [2.24, 2.45) is 0 Å². The van der Waals surface area contributed by atoms with Gasteiger partial charge in [0.25, 0.3) is 5.91 Å². The van der Waals surface area contributed by atoms with Crippen LogP contribution in [0.4, 0.5) is 0 Å². The van der Waals surface area contributed by atoms with Crippen molar-refractivity contribution >= 4 is 28.7 Å². The van der Waals surface area contributed by atoms with E-state index in [4.69, 9.17) is 0 Å². The van der Waals surface area contributed by atoms with Crippen LogP contribution >= 0.6 is 11.8 Å². The van der Waals surface area contributed by atoms with Crippen molar-refractivity contribution < 1.29 is 4.79 Å². The molecule has 5 heteroatoms. The molecular formula is C20H21N3OS. The first-order valence-electron chi connectivity index (χ1n) is 8.54. The molecule has 0 aliphatic carbocycles. The monoisotopic (exact) mass is 351 g/mol. The maximum absolute atomic E-state index is 12.8. The van der Waals surface area contributed by atoms with Crippen LogP contribution in [0.1, 0.15) is 28.6 Å².